The molecule has 0 bridgehead atoms. The van der Waals surface area contributed by atoms with Crippen LogP contribution in [-0.2, 0) is 0 Å². The molecule has 0 aliphatic carbocycles. The first kappa shape index (κ1) is 11.4. The van der Waals surface area contributed by atoms with Gasteiger partial charge in [0.05, 0.1) is 0 Å². The minimum atomic E-state index is 0.268. The lowest BCUT2D eigenvalue weighted by Gasteiger charge is -2.02. The molecule has 1 aromatic rings. The lowest BCUT2D eigenvalue weighted by molar-refractivity contribution is 0.317. The van der Waals surface area contributed by atoms with Gasteiger partial charge in [0.15, 0.2) is 0 Å². The highest BCUT2D eigenvalue weighted by Crippen LogP contribution is 2.27. The summed E-state index contributed by atoms with van der Waals surface area (Å²) in [5, 5.41) is 11.2. The molecule has 0 unspecified atom stereocenters. The molecule has 0 heterocycles. The Balaban J connectivity index is 2.43. The van der Waals surface area contributed by atoms with E-state index in [1.165, 1.54) is 4.90 Å². The fraction of sp³-hybridized carbons (Fsp3) is 0.222. The van der Waals surface area contributed by atoms with E-state index in [0.29, 0.717) is 6.42 Å². The summed E-state index contributed by atoms with van der Waals surface area (Å²) >= 11 is 5.12. The number of benzene rings is 1. The minimum Gasteiger partial charge on any atom is -0.409 e. The van der Waals surface area contributed by atoms with Crippen molar-refractivity contribution in [1.29, 1.82) is 0 Å². The van der Waals surface area contributed by atoms with Crippen LogP contribution in [0.4, 0.5) is 0 Å². The van der Waals surface area contributed by atoms with Crippen molar-refractivity contribution in [3.8, 4) is 0 Å². The van der Waals surface area contributed by atoms with Crippen LogP contribution in [0.15, 0.2) is 38.8 Å². The van der Waals surface area contributed by atoms with E-state index in [0.717, 1.165) is 10.2 Å². The van der Waals surface area contributed by atoms with Crippen molar-refractivity contribution < 1.29 is 5.21 Å². The van der Waals surface area contributed by atoms with Crippen molar-refractivity contribution in [2.24, 2.45) is 10.9 Å². The SMILES string of the molecule is N/C(CCSc1ccccc1Br)=N\O. The van der Waals surface area contributed by atoms with Crippen LogP contribution in [0, 0.1) is 0 Å². The van der Waals surface area contributed by atoms with E-state index < -0.39 is 0 Å². The maximum Gasteiger partial charge on any atom is 0.139 e. The second-order valence-corrected chi connectivity index (χ2v) is 4.61. The Morgan fingerprint density at radius 3 is 2.86 bits per heavy atom. The van der Waals surface area contributed by atoms with Crippen molar-refractivity contribution in [3.05, 3.63) is 28.7 Å². The highest BCUT2D eigenvalue weighted by Gasteiger charge is 1.99. The summed E-state index contributed by atoms with van der Waals surface area (Å²) in [6, 6.07) is 7.97. The van der Waals surface area contributed by atoms with Crippen LogP contribution in [-0.4, -0.2) is 16.8 Å². The number of halogens is 1. The van der Waals surface area contributed by atoms with E-state index in [1.807, 2.05) is 24.3 Å². The summed E-state index contributed by atoms with van der Waals surface area (Å²) in [5.74, 6) is 1.07. The topological polar surface area (TPSA) is 58.6 Å². The summed E-state index contributed by atoms with van der Waals surface area (Å²) in [7, 11) is 0. The molecule has 0 atom stereocenters. The highest BCUT2D eigenvalue weighted by molar-refractivity contribution is 9.10. The van der Waals surface area contributed by atoms with Gasteiger partial charge < -0.3 is 10.9 Å². The van der Waals surface area contributed by atoms with Gasteiger partial charge in [0.2, 0.25) is 0 Å². The van der Waals surface area contributed by atoms with Gasteiger partial charge in [-0.1, -0.05) is 17.3 Å². The number of nitrogens with two attached hydrogens (primary N) is 1. The summed E-state index contributed by atoms with van der Waals surface area (Å²) in [5.41, 5.74) is 5.35. The Bertz CT molecular complexity index is 330. The first-order valence-electron chi connectivity index (χ1n) is 4.07. The third-order valence-corrected chi connectivity index (χ3v) is 3.61. The number of oxime groups is 1. The van der Waals surface area contributed by atoms with Gasteiger partial charge in [-0.15, -0.1) is 11.8 Å². The molecule has 1 rings (SSSR count). The molecule has 14 heavy (non-hydrogen) atoms. The summed E-state index contributed by atoms with van der Waals surface area (Å²) in [6.07, 6.45) is 0.586. The van der Waals surface area contributed by atoms with Gasteiger partial charge in [0, 0.05) is 21.5 Å². The van der Waals surface area contributed by atoms with Crippen molar-refractivity contribution >= 4 is 33.5 Å². The number of hydrogen-bond donors (Lipinski definition) is 2. The Kier molecular flexibility index (Phi) is 4.82. The number of rotatable bonds is 4. The molecular formula is C9H11BrN2OS. The molecule has 76 valence electrons. The molecule has 0 aliphatic heterocycles. The van der Waals surface area contributed by atoms with Crippen LogP contribution in [0.1, 0.15) is 6.42 Å². The van der Waals surface area contributed by atoms with Gasteiger partial charge in [-0.25, -0.2) is 0 Å². The molecule has 3 nitrogen and oxygen atoms in total. The number of thioether (sulfide) groups is 1. The number of hydrogen-bond acceptors (Lipinski definition) is 3. The first-order valence-corrected chi connectivity index (χ1v) is 5.85. The second-order valence-electron chi connectivity index (χ2n) is 2.62. The van der Waals surface area contributed by atoms with Gasteiger partial charge in [0.1, 0.15) is 5.84 Å². The van der Waals surface area contributed by atoms with Crippen LogP contribution in [0.2, 0.25) is 0 Å². The van der Waals surface area contributed by atoms with E-state index in [2.05, 4.69) is 21.1 Å². The zero-order chi connectivity index (χ0) is 10.4. The largest absolute Gasteiger partial charge is 0.409 e. The molecule has 0 fully saturated rings. The summed E-state index contributed by atoms with van der Waals surface area (Å²) in [4.78, 5) is 1.17. The van der Waals surface area contributed by atoms with E-state index in [1.54, 1.807) is 11.8 Å². The first-order chi connectivity index (χ1) is 6.74. The zero-order valence-corrected chi connectivity index (χ0v) is 9.88. The van der Waals surface area contributed by atoms with Gasteiger partial charge in [-0.3, -0.25) is 0 Å². The van der Waals surface area contributed by atoms with Crippen molar-refractivity contribution in [3.63, 3.8) is 0 Å². The van der Waals surface area contributed by atoms with Crippen LogP contribution in [0.25, 0.3) is 0 Å². The van der Waals surface area contributed by atoms with Crippen molar-refractivity contribution in [2.45, 2.75) is 11.3 Å². The Morgan fingerprint density at radius 1 is 1.50 bits per heavy atom. The smallest absolute Gasteiger partial charge is 0.139 e. The molecular weight excluding hydrogens is 264 g/mol. The van der Waals surface area contributed by atoms with E-state index in [4.69, 9.17) is 10.9 Å². The molecule has 0 saturated heterocycles. The quantitative estimate of drug-likeness (QED) is 0.292. The standard InChI is InChI=1S/C9H11BrN2OS/c10-7-3-1-2-4-8(7)14-6-5-9(11)12-13/h1-4,13H,5-6H2,(H2,11,12). The molecule has 5 heteroatoms. The van der Waals surface area contributed by atoms with E-state index in [-0.39, 0.29) is 5.84 Å². The third kappa shape index (κ3) is 3.59. The monoisotopic (exact) mass is 274 g/mol. The maximum atomic E-state index is 8.33. The predicted octanol–water partition coefficient (Wildman–Crippen LogP) is 2.68. The summed E-state index contributed by atoms with van der Waals surface area (Å²) < 4.78 is 1.07. The van der Waals surface area contributed by atoms with Gasteiger partial charge in [0.25, 0.3) is 0 Å². The van der Waals surface area contributed by atoms with Crippen molar-refractivity contribution in [1.82, 2.24) is 0 Å². The fourth-order valence-electron chi connectivity index (χ4n) is 0.877. The molecule has 0 radical (unpaired) electrons. The fourth-order valence-corrected chi connectivity index (χ4v) is 2.42. The maximum absolute atomic E-state index is 8.33. The van der Waals surface area contributed by atoms with E-state index >= 15 is 0 Å². The normalized spacial score (nSPS) is 11.6. The van der Waals surface area contributed by atoms with E-state index in [9.17, 15) is 0 Å². The van der Waals surface area contributed by atoms with Gasteiger partial charge in [-0.2, -0.15) is 0 Å². The molecule has 0 aliphatic rings. The van der Waals surface area contributed by atoms with Crippen LogP contribution in [0.3, 0.4) is 0 Å². The molecule has 0 aromatic heterocycles. The molecule has 0 amide bonds. The lowest BCUT2D eigenvalue weighted by Crippen LogP contribution is -2.11. The van der Waals surface area contributed by atoms with Crippen LogP contribution >= 0.6 is 27.7 Å². The zero-order valence-electron chi connectivity index (χ0n) is 7.48. The molecule has 0 saturated carbocycles. The molecule has 1 aromatic carbocycles. The van der Waals surface area contributed by atoms with Crippen LogP contribution in [0.5, 0.6) is 0 Å². The Hall–Kier alpha value is -0.680. The average Bonchev–Trinajstić information content (AvgIpc) is 2.20. The van der Waals surface area contributed by atoms with Gasteiger partial charge in [-0.05, 0) is 28.1 Å². The number of nitrogens with zero attached hydrogens (tertiary/aromatic N) is 1. The van der Waals surface area contributed by atoms with Crippen LogP contribution < -0.4 is 5.73 Å². The van der Waals surface area contributed by atoms with Crippen molar-refractivity contribution in [2.75, 3.05) is 5.75 Å². The Morgan fingerprint density at radius 2 is 2.21 bits per heavy atom. The molecule has 0 spiro atoms. The predicted molar refractivity (Wildman–Crippen MR) is 62.9 cm³/mol. The minimum absolute atomic E-state index is 0.268. The second kappa shape index (κ2) is 5.93. The highest BCUT2D eigenvalue weighted by atomic mass is 79.9. The van der Waals surface area contributed by atoms with Gasteiger partial charge >= 0.3 is 0 Å². The lowest BCUT2D eigenvalue weighted by atomic mass is 10.4. The summed E-state index contributed by atoms with van der Waals surface area (Å²) in [6.45, 7) is 0. The third-order valence-electron chi connectivity index (χ3n) is 1.58. The average molecular weight is 275 g/mol. The number of amidine groups is 1. The molecule has 3 N–H and O–H groups in total. The Labute approximate surface area is 95.5 Å².